The maximum absolute atomic E-state index is 12.5. The normalized spacial score (nSPS) is 11.8. The molecule has 0 aliphatic rings. The lowest BCUT2D eigenvalue weighted by molar-refractivity contribution is -0.274. The van der Waals surface area contributed by atoms with Crippen LogP contribution in [0.4, 0.5) is 24.5 Å². The van der Waals surface area contributed by atoms with Crippen LogP contribution in [0.15, 0.2) is 76.3 Å². The van der Waals surface area contributed by atoms with Gasteiger partial charge in [0, 0.05) is 5.69 Å². The molecule has 3 rings (SSSR count). The van der Waals surface area contributed by atoms with Crippen LogP contribution in [0.25, 0.3) is 0 Å². The zero-order valence-electron chi connectivity index (χ0n) is 15.4. The van der Waals surface area contributed by atoms with Crippen molar-refractivity contribution < 1.29 is 27.1 Å². The molecule has 30 heavy (non-hydrogen) atoms. The van der Waals surface area contributed by atoms with Crippen molar-refractivity contribution in [1.29, 1.82) is 0 Å². The van der Waals surface area contributed by atoms with Crippen LogP contribution in [0.2, 0.25) is 0 Å². The topological polar surface area (TPSA) is 102 Å². The number of guanidine groups is 1. The number of carbonyl (C=O) groups excluding carboxylic acids is 1. The second-order valence-corrected chi connectivity index (χ2v) is 6.00. The summed E-state index contributed by atoms with van der Waals surface area (Å²) in [5.74, 6) is -0.681. The highest BCUT2D eigenvalue weighted by molar-refractivity contribution is 6.02. The summed E-state index contributed by atoms with van der Waals surface area (Å²) in [4.78, 5) is 16.0. The van der Waals surface area contributed by atoms with Gasteiger partial charge in [-0.15, -0.1) is 13.2 Å². The first-order chi connectivity index (χ1) is 14.3. The van der Waals surface area contributed by atoms with E-state index in [0.717, 1.165) is 5.56 Å². The predicted octanol–water partition coefficient (Wildman–Crippen LogP) is 4.36. The molecular weight excluding hydrogens is 401 g/mol. The highest BCUT2D eigenvalue weighted by Gasteiger charge is 2.32. The minimum absolute atomic E-state index is 0.0343. The molecule has 0 bridgehead atoms. The number of hydrogen-bond donors (Lipinski definition) is 3. The zero-order chi connectivity index (χ0) is 21.6. The number of anilines is 2. The first kappa shape index (κ1) is 20.8. The summed E-state index contributed by atoms with van der Waals surface area (Å²) in [6.07, 6.45) is -3.42. The summed E-state index contributed by atoms with van der Waals surface area (Å²) < 4.78 is 46.4. The number of nitrogens with two attached hydrogens (primary N) is 1. The predicted molar refractivity (Wildman–Crippen MR) is 105 cm³/mol. The van der Waals surface area contributed by atoms with Gasteiger partial charge in [0.05, 0.1) is 18.5 Å². The molecule has 0 atom stereocenters. The Morgan fingerprint density at radius 3 is 2.43 bits per heavy atom. The molecule has 10 heteroatoms. The van der Waals surface area contributed by atoms with E-state index in [1.165, 1.54) is 30.5 Å². The number of benzene rings is 2. The minimum Gasteiger partial charge on any atom is -0.459 e. The molecular formula is C20H17F3N4O3. The van der Waals surface area contributed by atoms with Crippen LogP contribution in [0.3, 0.4) is 0 Å². The number of hydrogen-bond acceptors (Lipinski definition) is 4. The first-order valence-corrected chi connectivity index (χ1v) is 8.66. The Hall–Kier alpha value is -3.95. The third-order valence-corrected chi connectivity index (χ3v) is 3.76. The van der Waals surface area contributed by atoms with Gasteiger partial charge in [-0.2, -0.15) is 0 Å². The summed E-state index contributed by atoms with van der Waals surface area (Å²) in [5, 5.41) is 5.27. The number of nitrogens with zero attached hydrogens (tertiary/aromatic N) is 1. The summed E-state index contributed by atoms with van der Waals surface area (Å²) in [5.41, 5.74) is 7.14. The molecule has 1 heterocycles. The van der Waals surface area contributed by atoms with Crippen LogP contribution >= 0.6 is 0 Å². The molecule has 2 aromatic carbocycles. The highest BCUT2D eigenvalue weighted by atomic mass is 19.4. The van der Waals surface area contributed by atoms with Crippen molar-refractivity contribution >= 4 is 23.2 Å². The minimum atomic E-state index is -4.82. The van der Waals surface area contributed by atoms with E-state index in [-0.39, 0.29) is 29.9 Å². The number of para-hydroxylation sites is 2. The van der Waals surface area contributed by atoms with Gasteiger partial charge >= 0.3 is 6.36 Å². The molecule has 0 saturated carbocycles. The summed E-state index contributed by atoms with van der Waals surface area (Å²) in [6, 6.07) is 15.5. The smallest absolute Gasteiger partial charge is 0.459 e. The molecule has 7 nitrogen and oxygen atoms in total. The van der Waals surface area contributed by atoms with Gasteiger partial charge in [0.15, 0.2) is 17.5 Å². The van der Waals surface area contributed by atoms with Crippen LogP contribution in [0.5, 0.6) is 5.75 Å². The van der Waals surface area contributed by atoms with Crippen molar-refractivity contribution in [3.05, 3.63) is 78.3 Å². The van der Waals surface area contributed by atoms with Gasteiger partial charge in [-0.05, 0) is 42.0 Å². The third-order valence-electron chi connectivity index (χ3n) is 3.76. The van der Waals surface area contributed by atoms with Crippen molar-refractivity contribution in [2.45, 2.75) is 12.9 Å². The summed E-state index contributed by atoms with van der Waals surface area (Å²) in [6.45, 7) is 0.174. The van der Waals surface area contributed by atoms with Crippen molar-refractivity contribution in [1.82, 2.24) is 0 Å². The van der Waals surface area contributed by atoms with E-state index in [1.54, 1.807) is 36.4 Å². The lowest BCUT2D eigenvalue weighted by Crippen LogP contribution is -2.24. The Morgan fingerprint density at radius 1 is 1.03 bits per heavy atom. The van der Waals surface area contributed by atoms with E-state index >= 15 is 0 Å². The maximum Gasteiger partial charge on any atom is 0.573 e. The van der Waals surface area contributed by atoms with Gasteiger partial charge in [0.2, 0.25) is 0 Å². The van der Waals surface area contributed by atoms with E-state index in [4.69, 9.17) is 10.2 Å². The monoisotopic (exact) mass is 418 g/mol. The van der Waals surface area contributed by atoms with Gasteiger partial charge in [0.1, 0.15) is 0 Å². The largest absolute Gasteiger partial charge is 0.573 e. The average molecular weight is 418 g/mol. The van der Waals surface area contributed by atoms with Gasteiger partial charge in [-0.3, -0.25) is 4.79 Å². The van der Waals surface area contributed by atoms with Crippen LogP contribution < -0.4 is 21.1 Å². The molecule has 0 fully saturated rings. The number of amides is 1. The molecule has 0 spiro atoms. The van der Waals surface area contributed by atoms with Crippen molar-refractivity contribution in [3.63, 3.8) is 0 Å². The Morgan fingerprint density at radius 2 is 1.77 bits per heavy atom. The molecule has 0 saturated heterocycles. The quantitative estimate of drug-likeness (QED) is 0.408. The highest BCUT2D eigenvalue weighted by Crippen LogP contribution is 2.29. The molecule has 0 unspecified atom stereocenters. The second-order valence-electron chi connectivity index (χ2n) is 6.00. The van der Waals surface area contributed by atoms with E-state index in [9.17, 15) is 18.0 Å². The molecule has 156 valence electrons. The standard InChI is InChI=1S/C20H17F3N4O3/c21-20(22,23)30-16-5-2-1-4-15(16)27-19(24)25-12-13-7-9-14(10-8-13)26-18(28)17-6-3-11-29-17/h1-11H,12H2,(H,26,28)(H3,24,25,27). The molecule has 1 amide bonds. The van der Waals surface area contributed by atoms with Crippen LogP contribution in [0, 0.1) is 0 Å². The molecule has 1 aromatic heterocycles. The number of rotatable bonds is 6. The van der Waals surface area contributed by atoms with Crippen molar-refractivity contribution in [3.8, 4) is 5.75 Å². The maximum atomic E-state index is 12.5. The summed E-state index contributed by atoms with van der Waals surface area (Å²) >= 11 is 0. The Balaban J connectivity index is 1.59. The molecule has 0 aliphatic heterocycles. The van der Waals surface area contributed by atoms with Crippen molar-refractivity contribution in [2.75, 3.05) is 10.6 Å². The van der Waals surface area contributed by atoms with Crippen molar-refractivity contribution in [2.24, 2.45) is 10.7 Å². The number of aliphatic imine (C=N–C) groups is 1. The fourth-order valence-electron chi connectivity index (χ4n) is 2.43. The van der Waals surface area contributed by atoms with Gasteiger partial charge in [-0.25, -0.2) is 4.99 Å². The number of ether oxygens (including phenoxy) is 1. The number of nitrogens with one attached hydrogen (secondary N) is 2. The molecule has 0 radical (unpaired) electrons. The number of alkyl halides is 3. The summed E-state index contributed by atoms with van der Waals surface area (Å²) in [7, 11) is 0. The molecule has 0 aliphatic carbocycles. The second kappa shape index (κ2) is 9.03. The molecule has 3 aromatic rings. The van der Waals surface area contributed by atoms with Crippen LogP contribution in [-0.4, -0.2) is 18.2 Å². The SMILES string of the molecule is NC(=NCc1ccc(NC(=O)c2ccco2)cc1)Nc1ccccc1OC(F)(F)F. The first-order valence-electron chi connectivity index (χ1n) is 8.66. The van der Waals surface area contributed by atoms with Gasteiger partial charge < -0.3 is 25.5 Å². The van der Waals surface area contributed by atoms with Gasteiger partial charge in [0.25, 0.3) is 5.91 Å². The van der Waals surface area contributed by atoms with Crippen LogP contribution in [0.1, 0.15) is 16.1 Å². The Kier molecular flexibility index (Phi) is 6.26. The Bertz CT molecular complexity index is 1020. The zero-order valence-corrected chi connectivity index (χ0v) is 15.4. The van der Waals surface area contributed by atoms with E-state index in [2.05, 4.69) is 20.4 Å². The van der Waals surface area contributed by atoms with Crippen LogP contribution in [-0.2, 0) is 6.54 Å². The van der Waals surface area contributed by atoms with E-state index < -0.39 is 12.1 Å². The number of furan rings is 1. The van der Waals surface area contributed by atoms with E-state index in [1.807, 2.05) is 0 Å². The lowest BCUT2D eigenvalue weighted by Gasteiger charge is -2.14. The van der Waals surface area contributed by atoms with Gasteiger partial charge in [-0.1, -0.05) is 24.3 Å². The number of halogens is 3. The number of carbonyl (C=O) groups is 1. The molecule has 4 N–H and O–H groups in total. The fraction of sp³-hybridized carbons (Fsp3) is 0.100. The Labute approximate surface area is 169 Å². The van der Waals surface area contributed by atoms with E-state index in [0.29, 0.717) is 5.69 Å². The third kappa shape index (κ3) is 6.03. The fourth-order valence-corrected chi connectivity index (χ4v) is 2.43. The lowest BCUT2D eigenvalue weighted by atomic mass is 10.2. The average Bonchev–Trinajstić information content (AvgIpc) is 3.23.